The number of benzene rings is 3. The van der Waals surface area contributed by atoms with E-state index in [0.717, 1.165) is 4.47 Å². The lowest BCUT2D eigenvalue weighted by atomic mass is 10.2. The van der Waals surface area contributed by atoms with E-state index in [2.05, 4.69) is 26.5 Å². The largest absolute Gasteiger partial charge is 0.422 e. The molecule has 5 nitrogen and oxygen atoms in total. The summed E-state index contributed by atoms with van der Waals surface area (Å²) in [6, 6.07) is 17.9. The van der Waals surface area contributed by atoms with E-state index < -0.39 is 11.9 Å². The molecule has 0 aromatic heterocycles. The highest BCUT2D eigenvalue weighted by Crippen LogP contribution is 2.23. The highest BCUT2D eigenvalue weighted by Gasteiger charge is 2.12. The van der Waals surface area contributed by atoms with Gasteiger partial charge in [-0.3, -0.25) is 4.79 Å². The number of nitrogens with zero attached hydrogens (tertiary/aromatic N) is 1. The van der Waals surface area contributed by atoms with Crippen LogP contribution in [0.4, 0.5) is 0 Å². The van der Waals surface area contributed by atoms with Crippen LogP contribution < -0.4 is 10.2 Å². The first-order valence-electron chi connectivity index (χ1n) is 8.28. The Morgan fingerprint density at radius 3 is 2.41 bits per heavy atom. The number of hydrazone groups is 1. The van der Waals surface area contributed by atoms with Crippen molar-refractivity contribution in [1.82, 2.24) is 5.43 Å². The second-order valence-corrected chi connectivity index (χ2v) is 7.58. The average Bonchev–Trinajstić information content (AvgIpc) is 2.70. The summed E-state index contributed by atoms with van der Waals surface area (Å²) in [5, 5.41) is 4.91. The predicted molar refractivity (Wildman–Crippen MR) is 117 cm³/mol. The Labute approximate surface area is 185 Å². The molecule has 0 aliphatic carbocycles. The van der Waals surface area contributed by atoms with E-state index in [1.54, 1.807) is 60.7 Å². The van der Waals surface area contributed by atoms with E-state index >= 15 is 0 Å². The fraction of sp³-hybridized carbons (Fsp3) is 0. The smallest absolute Gasteiger partial charge is 0.343 e. The van der Waals surface area contributed by atoms with Crippen LogP contribution in [-0.4, -0.2) is 18.1 Å². The molecule has 0 aliphatic heterocycles. The number of hydrogen-bond donors (Lipinski definition) is 1. The van der Waals surface area contributed by atoms with E-state index in [9.17, 15) is 9.59 Å². The van der Waals surface area contributed by atoms with Crippen molar-refractivity contribution in [3.63, 3.8) is 0 Å². The van der Waals surface area contributed by atoms with E-state index in [1.165, 1.54) is 12.3 Å². The van der Waals surface area contributed by atoms with E-state index in [1.807, 2.05) is 0 Å². The zero-order valence-corrected chi connectivity index (χ0v) is 17.8. The first-order chi connectivity index (χ1) is 13.9. The average molecular weight is 492 g/mol. The minimum Gasteiger partial charge on any atom is -0.422 e. The quantitative estimate of drug-likeness (QED) is 0.214. The first kappa shape index (κ1) is 21.0. The summed E-state index contributed by atoms with van der Waals surface area (Å²) in [5.74, 6) is -0.672. The number of nitrogens with one attached hydrogen (secondary N) is 1. The molecule has 0 unspecified atom stereocenters. The standard InChI is InChI=1S/C21H13BrCl2N2O3/c22-16-6-9-19(29-21(28)13-4-7-17(23)8-5-13)15(10-16)12-25-26-20(27)14-2-1-3-18(24)11-14/h1-12H,(H,26,27)/b25-12+. The van der Waals surface area contributed by atoms with Crippen molar-refractivity contribution < 1.29 is 14.3 Å². The number of carbonyl (C=O) groups is 2. The molecule has 8 heteroatoms. The van der Waals surface area contributed by atoms with Crippen LogP contribution in [0.1, 0.15) is 26.3 Å². The van der Waals surface area contributed by atoms with E-state index in [-0.39, 0.29) is 5.75 Å². The van der Waals surface area contributed by atoms with Gasteiger partial charge in [0.15, 0.2) is 0 Å². The summed E-state index contributed by atoms with van der Waals surface area (Å²) in [6.07, 6.45) is 1.39. The second kappa shape index (κ2) is 9.69. The fourth-order valence-corrected chi connectivity index (χ4v) is 3.01. The molecule has 0 saturated carbocycles. The Morgan fingerprint density at radius 2 is 1.69 bits per heavy atom. The van der Waals surface area contributed by atoms with Gasteiger partial charge in [0.25, 0.3) is 5.91 Å². The lowest BCUT2D eigenvalue weighted by Gasteiger charge is -2.08. The predicted octanol–water partition coefficient (Wildman–Crippen LogP) is 5.74. The third-order valence-electron chi connectivity index (χ3n) is 3.71. The SMILES string of the molecule is O=C(N/N=C/c1cc(Br)ccc1OC(=O)c1ccc(Cl)cc1)c1cccc(Cl)c1. The Morgan fingerprint density at radius 1 is 0.931 bits per heavy atom. The van der Waals surface area contributed by atoms with Crippen molar-refractivity contribution in [2.45, 2.75) is 0 Å². The molecule has 29 heavy (non-hydrogen) atoms. The minimum absolute atomic E-state index is 0.286. The van der Waals surface area contributed by atoms with Crippen LogP contribution in [0.2, 0.25) is 10.0 Å². The molecule has 0 bridgehead atoms. The minimum atomic E-state index is -0.540. The zero-order valence-electron chi connectivity index (χ0n) is 14.7. The summed E-state index contributed by atoms with van der Waals surface area (Å²) in [7, 11) is 0. The molecule has 0 fully saturated rings. The molecule has 0 heterocycles. The van der Waals surface area contributed by atoms with Gasteiger partial charge in [-0.25, -0.2) is 10.2 Å². The van der Waals surface area contributed by atoms with Gasteiger partial charge >= 0.3 is 5.97 Å². The van der Waals surface area contributed by atoms with Gasteiger partial charge in [0, 0.05) is 25.6 Å². The highest BCUT2D eigenvalue weighted by molar-refractivity contribution is 9.10. The Balaban J connectivity index is 1.74. The van der Waals surface area contributed by atoms with Crippen molar-refractivity contribution in [1.29, 1.82) is 0 Å². The van der Waals surface area contributed by atoms with Crippen LogP contribution in [0, 0.1) is 0 Å². The van der Waals surface area contributed by atoms with Crippen LogP contribution in [0.25, 0.3) is 0 Å². The fourth-order valence-electron chi connectivity index (χ4n) is 2.31. The van der Waals surface area contributed by atoms with Crippen LogP contribution in [-0.2, 0) is 0 Å². The van der Waals surface area contributed by atoms with Crippen LogP contribution >= 0.6 is 39.1 Å². The summed E-state index contributed by atoms with van der Waals surface area (Å²) in [4.78, 5) is 24.5. The number of esters is 1. The van der Waals surface area contributed by atoms with Crippen molar-refractivity contribution >= 4 is 57.2 Å². The molecule has 0 radical (unpaired) electrons. The summed E-state index contributed by atoms with van der Waals surface area (Å²) < 4.78 is 6.22. The lowest BCUT2D eigenvalue weighted by molar-refractivity contribution is 0.0734. The van der Waals surface area contributed by atoms with Crippen LogP contribution in [0.5, 0.6) is 5.75 Å². The molecule has 3 aromatic rings. The van der Waals surface area contributed by atoms with Gasteiger partial charge in [-0.2, -0.15) is 5.10 Å². The molecule has 0 spiro atoms. The van der Waals surface area contributed by atoms with E-state index in [0.29, 0.717) is 26.7 Å². The maximum atomic E-state index is 12.4. The Bertz CT molecular complexity index is 1090. The van der Waals surface area contributed by atoms with Gasteiger partial charge in [0.2, 0.25) is 0 Å². The maximum Gasteiger partial charge on any atom is 0.343 e. The van der Waals surface area contributed by atoms with Gasteiger partial charge in [-0.05, 0) is 60.7 Å². The van der Waals surface area contributed by atoms with Gasteiger partial charge in [0.05, 0.1) is 11.8 Å². The molecule has 146 valence electrons. The van der Waals surface area contributed by atoms with Crippen LogP contribution in [0.15, 0.2) is 76.3 Å². The topological polar surface area (TPSA) is 67.8 Å². The summed E-state index contributed by atoms with van der Waals surface area (Å²) in [5.41, 5.74) is 3.64. The first-order valence-corrected chi connectivity index (χ1v) is 9.83. The van der Waals surface area contributed by atoms with Crippen LogP contribution in [0.3, 0.4) is 0 Å². The molecule has 1 N–H and O–H groups in total. The van der Waals surface area contributed by atoms with Crippen molar-refractivity contribution in [3.05, 3.63) is 97.9 Å². The van der Waals surface area contributed by atoms with Gasteiger partial charge in [0.1, 0.15) is 5.75 Å². The molecule has 0 atom stereocenters. The molecular formula is C21H13BrCl2N2O3. The maximum absolute atomic E-state index is 12.4. The zero-order chi connectivity index (χ0) is 20.8. The number of amides is 1. The third-order valence-corrected chi connectivity index (χ3v) is 4.69. The molecule has 3 rings (SSSR count). The van der Waals surface area contributed by atoms with Crippen molar-refractivity contribution in [2.75, 3.05) is 0 Å². The summed E-state index contributed by atoms with van der Waals surface area (Å²) in [6.45, 7) is 0. The van der Waals surface area contributed by atoms with Gasteiger partial charge in [-0.1, -0.05) is 45.2 Å². The normalized spacial score (nSPS) is 10.7. The third kappa shape index (κ3) is 5.90. The number of halogens is 3. The summed E-state index contributed by atoms with van der Waals surface area (Å²) >= 11 is 15.1. The molecule has 0 saturated heterocycles. The van der Waals surface area contributed by atoms with Crippen molar-refractivity contribution in [2.24, 2.45) is 5.10 Å². The Hall–Kier alpha value is -2.67. The molecular weight excluding hydrogens is 479 g/mol. The van der Waals surface area contributed by atoms with Gasteiger partial charge < -0.3 is 4.74 Å². The Kier molecular flexibility index (Phi) is 7.04. The molecule has 1 amide bonds. The van der Waals surface area contributed by atoms with E-state index in [4.69, 9.17) is 27.9 Å². The number of carbonyl (C=O) groups excluding carboxylic acids is 2. The van der Waals surface area contributed by atoms with Gasteiger partial charge in [-0.15, -0.1) is 0 Å². The van der Waals surface area contributed by atoms with Crippen molar-refractivity contribution in [3.8, 4) is 5.75 Å². The number of rotatable bonds is 5. The molecule has 3 aromatic carbocycles. The lowest BCUT2D eigenvalue weighted by Crippen LogP contribution is -2.17. The number of hydrogen-bond acceptors (Lipinski definition) is 4. The monoisotopic (exact) mass is 490 g/mol. The molecule has 0 aliphatic rings. The second-order valence-electron chi connectivity index (χ2n) is 5.79. The highest BCUT2D eigenvalue weighted by atomic mass is 79.9. The number of ether oxygens (including phenoxy) is 1.